The molecule has 1 N–H and O–H groups in total. The molecule has 2 aromatic rings. The Hall–Kier alpha value is -3.23. The highest BCUT2D eigenvalue weighted by Gasteiger charge is 2.54. The Labute approximate surface area is 242 Å². The first-order chi connectivity index (χ1) is 18.8. The van der Waals surface area contributed by atoms with Gasteiger partial charge in [0.25, 0.3) is 21.9 Å². The van der Waals surface area contributed by atoms with Crippen molar-refractivity contribution < 1.29 is 40.3 Å². The number of hydrogen-bond donors (Lipinski definition) is 1. The van der Waals surface area contributed by atoms with Crippen molar-refractivity contribution >= 4 is 27.7 Å². The number of halogens is 4. The van der Waals surface area contributed by atoms with E-state index in [4.69, 9.17) is 4.74 Å². The van der Waals surface area contributed by atoms with Gasteiger partial charge in [0.1, 0.15) is 17.0 Å². The molecule has 1 fully saturated rings. The molecule has 0 spiro atoms. The molecule has 0 radical (unpaired) electrons. The van der Waals surface area contributed by atoms with Gasteiger partial charge in [-0.2, -0.15) is 26.6 Å². The lowest BCUT2D eigenvalue weighted by atomic mass is 9.67. The topological polar surface area (TPSA) is 123 Å². The third-order valence-corrected chi connectivity index (χ3v) is 8.32. The zero-order valence-corrected chi connectivity index (χ0v) is 25.9. The fraction of sp³-hybridized carbons (Fsp3) is 0.630. The van der Waals surface area contributed by atoms with Crippen molar-refractivity contribution in [3.8, 4) is 0 Å². The number of hydrogen-bond acceptors (Lipinski definition) is 7. The smallest absolute Gasteiger partial charge is 0.424 e. The lowest BCUT2D eigenvalue weighted by Gasteiger charge is -2.44. The zero-order valence-electron chi connectivity index (χ0n) is 25.1. The van der Waals surface area contributed by atoms with E-state index in [9.17, 15) is 35.6 Å². The van der Waals surface area contributed by atoms with Crippen molar-refractivity contribution in [2.45, 2.75) is 110 Å². The van der Waals surface area contributed by atoms with E-state index in [0.29, 0.717) is 11.2 Å². The van der Waals surface area contributed by atoms with Crippen LogP contribution in [-0.4, -0.2) is 56.6 Å². The number of sulfonamides is 1. The van der Waals surface area contributed by atoms with Crippen LogP contribution in [0.3, 0.4) is 0 Å². The van der Waals surface area contributed by atoms with Crippen LogP contribution in [0.2, 0.25) is 0 Å². The Balaban J connectivity index is 1.99. The van der Waals surface area contributed by atoms with Crippen molar-refractivity contribution in [2.24, 2.45) is 5.41 Å². The quantitative estimate of drug-likeness (QED) is 0.371. The molecule has 0 unspecified atom stereocenters. The van der Waals surface area contributed by atoms with Crippen LogP contribution in [0.5, 0.6) is 0 Å². The van der Waals surface area contributed by atoms with Crippen molar-refractivity contribution in [1.29, 1.82) is 0 Å². The number of alkyl halides is 4. The molecule has 1 aliphatic rings. The van der Waals surface area contributed by atoms with Gasteiger partial charge in [0, 0.05) is 49.8 Å². The number of rotatable bonds is 7. The predicted molar refractivity (Wildman–Crippen MR) is 146 cm³/mol. The average molecular weight is 620 g/mol. The average Bonchev–Trinajstić information content (AvgIpc) is 3.05. The SMILES string of the molecule is Cc1c(C(C)(F)F)nn(CC2(C)CC(F)(F)C2)c1C(=O)Nc1ccnc(S(=O)(=O)N(C(=O)OC(C)(C)C)C(C)(C)C)c1. The van der Waals surface area contributed by atoms with Gasteiger partial charge >= 0.3 is 6.09 Å². The second kappa shape index (κ2) is 10.5. The molecule has 1 saturated carbocycles. The first-order valence-corrected chi connectivity index (χ1v) is 14.6. The number of aromatic nitrogens is 3. The number of nitrogens with zero attached hydrogens (tertiary/aromatic N) is 4. The van der Waals surface area contributed by atoms with Gasteiger partial charge in [-0.3, -0.25) is 9.48 Å². The summed E-state index contributed by atoms with van der Waals surface area (Å²) in [6, 6.07) is 2.28. The first kappa shape index (κ1) is 33.3. The lowest BCUT2D eigenvalue weighted by Crippen LogP contribution is -2.51. The number of nitrogens with one attached hydrogen (secondary N) is 1. The molecular formula is C27H37F4N5O5S. The molecule has 15 heteroatoms. The third kappa shape index (κ3) is 7.21. The summed E-state index contributed by atoms with van der Waals surface area (Å²) in [5.41, 5.74) is -4.44. The van der Waals surface area contributed by atoms with Gasteiger partial charge in [0.2, 0.25) is 5.92 Å². The van der Waals surface area contributed by atoms with Crippen LogP contribution in [0.4, 0.5) is 28.0 Å². The molecular weight excluding hydrogens is 582 g/mol. The normalized spacial score (nSPS) is 16.9. The highest BCUT2D eigenvalue weighted by atomic mass is 32.2. The fourth-order valence-corrected chi connectivity index (χ4v) is 6.60. The van der Waals surface area contributed by atoms with Gasteiger partial charge in [-0.25, -0.2) is 18.6 Å². The summed E-state index contributed by atoms with van der Waals surface area (Å²) in [7, 11) is -4.61. The van der Waals surface area contributed by atoms with E-state index in [1.165, 1.54) is 33.8 Å². The summed E-state index contributed by atoms with van der Waals surface area (Å²) in [6.45, 7) is 12.4. The summed E-state index contributed by atoms with van der Waals surface area (Å²) in [5.74, 6) is -7.24. The first-order valence-electron chi connectivity index (χ1n) is 13.2. The van der Waals surface area contributed by atoms with Gasteiger partial charge in [0.05, 0.1) is 5.54 Å². The minimum Gasteiger partial charge on any atom is -0.443 e. The maximum Gasteiger partial charge on any atom is 0.424 e. The van der Waals surface area contributed by atoms with Crippen molar-refractivity contribution in [3.63, 3.8) is 0 Å². The van der Waals surface area contributed by atoms with E-state index in [1.54, 1.807) is 27.7 Å². The zero-order chi connectivity index (χ0) is 32.3. The second-order valence-corrected chi connectivity index (χ2v) is 14.9. The number of carbonyl (C=O) groups excluding carboxylic acids is 2. The maximum atomic E-state index is 14.3. The van der Waals surface area contributed by atoms with Crippen LogP contribution in [-0.2, 0) is 27.2 Å². The highest BCUT2D eigenvalue weighted by molar-refractivity contribution is 7.89. The molecule has 2 amide bonds. The number of amides is 2. The van der Waals surface area contributed by atoms with Crippen molar-refractivity contribution in [1.82, 2.24) is 19.1 Å². The summed E-state index contributed by atoms with van der Waals surface area (Å²) < 4.78 is 89.9. The minimum absolute atomic E-state index is 0.0787. The Morgan fingerprint density at radius 3 is 2.17 bits per heavy atom. The largest absolute Gasteiger partial charge is 0.443 e. The summed E-state index contributed by atoms with van der Waals surface area (Å²) in [5, 5.41) is 5.79. The van der Waals surface area contributed by atoms with Gasteiger partial charge in [0.15, 0.2) is 5.03 Å². The molecule has 10 nitrogen and oxygen atoms in total. The number of ether oxygens (including phenoxy) is 1. The van der Waals surface area contributed by atoms with Crippen molar-refractivity contribution in [3.05, 3.63) is 35.3 Å². The molecule has 0 aliphatic heterocycles. The Morgan fingerprint density at radius 1 is 1.12 bits per heavy atom. The molecule has 2 heterocycles. The van der Waals surface area contributed by atoms with E-state index >= 15 is 0 Å². The minimum atomic E-state index is -4.61. The van der Waals surface area contributed by atoms with Gasteiger partial charge in [-0.15, -0.1) is 0 Å². The molecule has 3 rings (SSSR count). The monoisotopic (exact) mass is 619 g/mol. The van der Waals surface area contributed by atoms with Crippen LogP contribution < -0.4 is 5.32 Å². The summed E-state index contributed by atoms with van der Waals surface area (Å²) in [6.07, 6.45) is -1.03. The highest BCUT2D eigenvalue weighted by Crippen LogP contribution is 2.52. The molecule has 234 valence electrons. The van der Waals surface area contributed by atoms with Crippen LogP contribution in [0, 0.1) is 12.3 Å². The summed E-state index contributed by atoms with van der Waals surface area (Å²) >= 11 is 0. The van der Waals surface area contributed by atoms with Crippen LogP contribution >= 0.6 is 0 Å². The van der Waals surface area contributed by atoms with Gasteiger partial charge in [-0.1, -0.05) is 6.92 Å². The number of anilines is 1. The van der Waals surface area contributed by atoms with Crippen molar-refractivity contribution in [2.75, 3.05) is 5.32 Å². The summed E-state index contributed by atoms with van der Waals surface area (Å²) in [4.78, 5) is 30.2. The van der Waals surface area contributed by atoms with E-state index in [0.717, 1.165) is 16.9 Å². The Bertz CT molecular complexity index is 1480. The van der Waals surface area contributed by atoms with Crippen LogP contribution in [0.25, 0.3) is 0 Å². The van der Waals surface area contributed by atoms with Crippen LogP contribution in [0.1, 0.15) is 90.0 Å². The Kier molecular flexibility index (Phi) is 8.31. The molecule has 2 aromatic heterocycles. The lowest BCUT2D eigenvalue weighted by molar-refractivity contribution is -0.160. The maximum absolute atomic E-state index is 14.3. The van der Waals surface area contributed by atoms with Crippen LogP contribution in [0.15, 0.2) is 23.4 Å². The van der Waals surface area contributed by atoms with E-state index in [-0.39, 0.29) is 23.5 Å². The number of carbonyl (C=O) groups is 2. The Morgan fingerprint density at radius 2 is 1.69 bits per heavy atom. The molecule has 0 bridgehead atoms. The second-order valence-electron chi connectivity index (χ2n) is 13.1. The molecule has 0 aromatic carbocycles. The van der Waals surface area contributed by atoms with E-state index < -0.39 is 74.0 Å². The molecule has 0 saturated heterocycles. The van der Waals surface area contributed by atoms with Gasteiger partial charge in [-0.05, 0) is 59.9 Å². The standard InChI is InChI=1S/C27H37F4N5O5S/c1-16-19(35(34-20(16)26(9,28)29)15-25(8)13-27(30,31)14-25)21(37)33-17-10-11-32-18(12-17)42(39,40)36(23(2,3)4)22(38)41-24(5,6)7/h10-12H,13-15H2,1-9H3,(H,32,33,37). The molecule has 1 aliphatic carbocycles. The van der Waals surface area contributed by atoms with E-state index in [2.05, 4.69) is 15.4 Å². The fourth-order valence-electron chi connectivity index (χ4n) is 4.99. The molecule has 0 atom stereocenters. The van der Waals surface area contributed by atoms with E-state index in [1.807, 2.05) is 0 Å². The number of pyridine rings is 1. The van der Waals surface area contributed by atoms with Gasteiger partial charge < -0.3 is 10.1 Å². The predicted octanol–water partition coefficient (Wildman–Crippen LogP) is 6.11. The molecule has 42 heavy (non-hydrogen) atoms. The third-order valence-electron chi connectivity index (χ3n) is 6.39.